The van der Waals surface area contributed by atoms with Crippen molar-refractivity contribution < 1.29 is 34.0 Å². The molecular formula is C30H33BrFN5O6. The van der Waals surface area contributed by atoms with Crippen molar-refractivity contribution in [1.82, 2.24) is 15.0 Å². The van der Waals surface area contributed by atoms with E-state index in [0.29, 0.717) is 45.4 Å². The third-order valence-electron chi connectivity index (χ3n) is 8.22. The number of aromatic nitrogens is 3. The van der Waals surface area contributed by atoms with E-state index in [2.05, 4.69) is 32.3 Å². The number of benzene rings is 2. The molecule has 0 radical (unpaired) electrons. The van der Waals surface area contributed by atoms with Crippen molar-refractivity contribution in [2.24, 2.45) is 0 Å². The van der Waals surface area contributed by atoms with Crippen LogP contribution in [0.1, 0.15) is 42.9 Å². The maximum Gasteiger partial charge on any atom is 0.259 e. The summed E-state index contributed by atoms with van der Waals surface area (Å²) in [6.07, 6.45) is -1.71. The van der Waals surface area contributed by atoms with Gasteiger partial charge in [0.05, 0.1) is 36.6 Å². The molecule has 1 aromatic heterocycles. The van der Waals surface area contributed by atoms with Gasteiger partial charge in [-0.1, -0.05) is 46.1 Å². The molecule has 1 aliphatic carbocycles. The molecular weight excluding hydrogens is 625 g/mol. The van der Waals surface area contributed by atoms with Crippen LogP contribution in [0.2, 0.25) is 0 Å². The summed E-state index contributed by atoms with van der Waals surface area (Å²) in [4.78, 5) is 16.0. The average molecular weight is 659 g/mol. The Morgan fingerprint density at radius 3 is 2.70 bits per heavy atom. The molecule has 13 heteroatoms. The predicted octanol–water partition coefficient (Wildman–Crippen LogP) is 3.04. The Hall–Kier alpha value is -3.25. The number of hydrogen-bond acceptors (Lipinski definition) is 9. The summed E-state index contributed by atoms with van der Waals surface area (Å²) in [6.45, 7) is 1.04. The lowest BCUT2D eigenvalue weighted by atomic mass is 9.88. The fourth-order valence-electron chi connectivity index (χ4n) is 5.96. The first-order valence-electron chi connectivity index (χ1n) is 14.0. The third kappa shape index (κ3) is 6.22. The van der Waals surface area contributed by atoms with E-state index in [9.17, 15) is 29.8 Å². The number of carbonyl (C=O) groups excluding carboxylic acids is 1. The number of nitriles is 1. The van der Waals surface area contributed by atoms with Crippen LogP contribution in [0.5, 0.6) is 0 Å². The van der Waals surface area contributed by atoms with Crippen molar-refractivity contribution in [2.75, 3.05) is 18.6 Å². The molecule has 0 unspecified atom stereocenters. The minimum atomic E-state index is -1.35. The van der Waals surface area contributed by atoms with E-state index < -0.39 is 60.9 Å². The molecule has 7 atom stereocenters. The Morgan fingerprint density at radius 1 is 1.26 bits per heavy atom. The molecule has 11 nitrogen and oxygen atoms in total. The van der Waals surface area contributed by atoms with Gasteiger partial charge in [0.1, 0.15) is 35.9 Å². The molecule has 1 saturated carbocycles. The van der Waals surface area contributed by atoms with Crippen LogP contribution in [0.15, 0.2) is 47.1 Å². The number of aliphatic hydroxyl groups excluding tert-OH is 3. The number of carbonyl (C=O) groups is 1. The lowest BCUT2D eigenvalue weighted by molar-refractivity contribution is -0.211. The highest BCUT2D eigenvalue weighted by Gasteiger charge is 2.52. The Balaban J connectivity index is 1.55. The first-order valence-corrected chi connectivity index (χ1v) is 14.8. The number of rotatable bonds is 7. The summed E-state index contributed by atoms with van der Waals surface area (Å²) in [5, 5.41) is 50.4. The molecule has 3 N–H and O–H groups in total. The van der Waals surface area contributed by atoms with Crippen LogP contribution >= 0.6 is 15.9 Å². The second kappa shape index (κ2) is 13.2. The Kier molecular flexibility index (Phi) is 9.55. The van der Waals surface area contributed by atoms with Gasteiger partial charge >= 0.3 is 0 Å². The Labute approximate surface area is 256 Å². The van der Waals surface area contributed by atoms with E-state index in [1.165, 1.54) is 29.0 Å². The summed E-state index contributed by atoms with van der Waals surface area (Å²) in [5.74, 6) is -0.980. The second-order valence-corrected chi connectivity index (χ2v) is 11.9. The zero-order valence-electron chi connectivity index (χ0n) is 23.7. The Morgan fingerprint density at radius 2 is 2.02 bits per heavy atom. The van der Waals surface area contributed by atoms with Crippen LogP contribution in [0.4, 0.5) is 10.1 Å². The normalized spacial score (nSPS) is 27.4. The van der Waals surface area contributed by atoms with Gasteiger partial charge in [-0.25, -0.2) is 9.07 Å². The monoisotopic (exact) mass is 657 g/mol. The summed E-state index contributed by atoms with van der Waals surface area (Å²) < 4.78 is 28.0. The van der Waals surface area contributed by atoms with Crippen LogP contribution in [-0.2, 0) is 14.3 Å². The minimum absolute atomic E-state index is 0.310. The van der Waals surface area contributed by atoms with Crippen molar-refractivity contribution in [3.05, 3.63) is 64.0 Å². The largest absolute Gasteiger partial charge is 0.394 e. The van der Waals surface area contributed by atoms with Crippen LogP contribution in [-0.4, -0.2) is 86.5 Å². The van der Waals surface area contributed by atoms with Crippen LogP contribution in [0, 0.1) is 24.1 Å². The summed E-state index contributed by atoms with van der Waals surface area (Å²) in [7, 11) is 1.37. The van der Waals surface area contributed by atoms with Gasteiger partial charge < -0.3 is 29.7 Å². The van der Waals surface area contributed by atoms with E-state index in [4.69, 9.17) is 9.47 Å². The smallest absolute Gasteiger partial charge is 0.259 e. The first kappa shape index (κ1) is 31.2. The van der Waals surface area contributed by atoms with Gasteiger partial charge in [-0.3, -0.25) is 4.79 Å². The number of nitrogens with zero attached hydrogens (tertiary/aromatic N) is 5. The molecule has 2 aromatic carbocycles. The van der Waals surface area contributed by atoms with E-state index in [1.54, 1.807) is 37.3 Å². The molecule has 1 amide bonds. The number of aliphatic hydroxyl groups is 3. The average Bonchev–Trinajstić information content (AvgIpc) is 3.48. The molecule has 0 bridgehead atoms. The first-order chi connectivity index (χ1) is 20.7. The molecule has 228 valence electrons. The zero-order valence-corrected chi connectivity index (χ0v) is 25.3. The summed E-state index contributed by atoms with van der Waals surface area (Å²) >= 11 is 3.41. The highest BCUT2D eigenvalue weighted by atomic mass is 79.9. The molecule has 2 fully saturated rings. The van der Waals surface area contributed by atoms with Gasteiger partial charge in [0.15, 0.2) is 6.10 Å². The van der Waals surface area contributed by atoms with E-state index in [0.717, 1.165) is 12.8 Å². The Bertz CT molecular complexity index is 1510. The topological polar surface area (TPSA) is 154 Å². The highest BCUT2D eigenvalue weighted by molar-refractivity contribution is 9.10. The third-order valence-corrected chi connectivity index (χ3v) is 8.68. The zero-order chi connectivity index (χ0) is 30.8. The number of amides is 1. The minimum Gasteiger partial charge on any atom is -0.394 e. The number of aryl methyl sites for hydroxylation is 1. The van der Waals surface area contributed by atoms with E-state index in [-0.39, 0.29) is 0 Å². The van der Waals surface area contributed by atoms with Crippen molar-refractivity contribution in [1.29, 1.82) is 5.26 Å². The van der Waals surface area contributed by atoms with Crippen molar-refractivity contribution >= 4 is 27.5 Å². The van der Waals surface area contributed by atoms with Crippen LogP contribution in [0.25, 0.3) is 11.3 Å². The van der Waals surface area contributed by atoms with Crippen LogP contribution < -0.4 is 4.90 Å². The molecule has 0 spiro atoms. The van der Waals surface area contributed by atoms with E-state index in [1.807, 2.05) is 0 Å². The number of hydrogen-bond donors (Lipinski definition) is 3. The van der Waals surface area contributed by atoms with Crippen LogP contribution in [0.3, 0.4) is 0 Å². The van der Waals surface area contributed by atoms with Gasteiger partial charge in [-0.05, 0) is 49.6 Å². The molecule has 1 saturated heterocycles. The SMILES string of the molecule is CO[C@@H]1[C@@H](n2cc(-c3ccc(C)c(F)c3)nn2)[C@@H](O)[C@@H](CO)O[C@H]1C(=O)N(c1cc(Br)cc(C#N)c1)[C@H]1CCCC[C@@H]1O. The molecule has 1 aliphatic heterocycles. The van der Waals surface area contributed by atoms with E-state index >= 15 is 0 Å². The fourth-order valence-corrected chi connectivity index (χ4v) is 6.44. The molecule has 2 aliphatic rings. The van der Waals surface area contributed by atoms with Gasteiger partial charge in [-0.2, -0.15) is 5.26 Å². The van der Waals surface area contributed by atoms with Gasteiger partial charge in [-0.15, -0.1) is 5.10 Å². The van der Waals surface area contributed by atoms with Gasteiger partial charge in [0.2, 0.25) is 0 Å². The second-order valence-electron chi connectivity index (χ2n) is 10.9. The molecule has 5 rings (SSSR count). The van der Waals surface area contributed by atoms with Crippen molar-refractivity contribution in [2.45, 2.75) is 75.2 Å². The predicted molar refractivity (Wildman–Crippen MR) is 156 cm³/mol. The maximum absolute atomic E-state index is 14.5. The fraction of sp³-hybridized carbons (Fsp3) is 0.467. The molecule has 2 heterocycles. The maximum atomic E-state index is 14.5. The van der Waals surface area contributed by atoms with Gasteiger partial charge in [0.25, 0.3) is 5.91 Å². The number of halogens is 2. The number of ether oxygens (including phenoxy) is 2. The quantitative estimate of drug-likeness (QED) is 0.348. The van der Waals surface area contributed by atoms with Gasteiger partial charge in [0, 0.05) is 22.8 Å². The lowest BCUT2D eigenvalue weighted by Crippen LogP contribution is -2.63. The van der Waals surface area contributed by atoms with Crippen molar-refractivity contribution in [3.63, 3.8) is 0 Å². The van der Waals surface area contributed by atoms with Crippen molar-refractivity contribution in [3.8, 4) is 17.3 Å². The summed E-state index contributed by atoms with van der Waals surface area (Å²) in [6, 6.07) is 9.97. The lowest BCUT2D eigenvalue weighted by Gasteiger charge is -2.46. The summed E-state index contributed by atoms with van der Waals surface area (Å²) in [5.41, 5.74) is 1.97. The standard InChI is InChI=1S/C30H33BrFN5O6/c1-16-7-8-18(11-21(16)32)22-14-36(35-34-22)26-27(40)25(15-38)43-29(28(26)42-2)30(41)37(23-5-3-4-6-24(23)39)20-10-17(13-33)9-19(31)12-20/h7-12,14,23-29,38-40H,3-6,15H2,1-2H3/t23-,24-,25+,26-,27-,28+,29+/m0/s1. The molecule has 43 heavy (non-hydrogen) atoms. The molecule has 3 aromatic rings. The number of methoxy groups -OCH3 is 1. The number of anilines is 1. The highest BCUT2D eigenvalue weighted by Crippen LogP contribution is 2.37.